The lowest BCUT2D eigenvalue weighted by atomic mass is 9.83. The highest BCUT2D eigenvalue weighted by Crippen LogP contribution is 2.71. The van der Waals surface area contributed by atoms with Gasteiger partial charge in [0.2, 0.25) is 0 Å². The molecule has 0 saturated heterocycles. The van der Waals surface area contributed by atoms with E-state index in [1.807, 2.05) is 60.7 Å². The van der Waals surface area contributed by atoms with Gasteiger partial charge in [-0.2, -0.15) is 0 Å². The van der Waals surface area contributed by atoms with Crippen molar-refractivity contribution in [2.24, 2.45) is 0 Å². The molecule has 1 unspecified atom stereocenters. The van der Waals surface area contributed by atoms with Gasteiger partial charge in [-0.25, -0.2) is 0 Å². The molecule has 1 aliphatic rings. The molecular weight excluding hydrogens is 475 g/mol. The van der Waals surface area contributed by atoms with Crippen LogP contribution >= 0.6 is 7.11 Å². The van der Waals surface area contributed by atoms with E-state index >= 15 is 0 Å². The van der Waals surface area contributed by atoms with Crippen molar-refractivity contribution in [1.29, 1.82) is 0 Å². The van der Waals surface area contributed by atoms with E-state index in [0.717, 1.165) is 38.9 Å². The third-order valence-electron chi connectivity index (χ3n) is 7.21. The Bertz CT molecular complexity index is 1530. The number of anilines is 2. The molecule has 0 fully saturated rings. The fourth-order valence-electron chi connectivity index (χ4n) is 5.53. The van der Waals surface area contributed by atoms with Crippen LogP contribution in [0.1, 0.15) is 16.7 Å². The Morgan fingerprint density at radius 1 is 0.595 bits per heavy atom. The molecule has 4 nitrogen and oxygen atoms in total. The van der Waals surface area contributed by atoms with Crippen molar-refractivity contribution in [3.05, 3.63) is 138 Å². The van der Waals surface area contributed by atoms with Crippen molar-refractivity contribution in [3.63, 3.8) is 0 Å². The molecule has 0 saturated carbocycles. The normalized spacial score (nSPS) is 16.3. The molecule has 0 aromatic heterocycles. The number of nitrogens with two attached hydrogens (primary N) is 2. The summed E-state index contributed by atoms with van der Waals surface area (Å²) >= 11 is 0. The van der Waals surface area contributed by atoms with Crippen molar-refractivity contribution in [3.8, 4) is 22.6 Å². The number of phenols is 1. The van der Waals surface area contributed by atoms with Gasteiger partial charge in [-0.05, 0) is 64.7 Å². The average molecular weight is 503 g/mol. The molecular formula is C32H27N2O2P. The fraction of sp³-hybridized carbons (Fsp3) is 0.0312. The number of nitrogen functional groups attached to an aromatic ring is 2. The number of para-hydroxylation sites is 1. The van der Waals surface area contributed by atoms with E-state index < -0.39 is 12.3 Å². The Morgan fingerprint density at radius 2 is 1.05 bits per heavy atom. The Balaban J connectivity index is 1.79. The van der Waals surface area contributed by atoms with E-state index in [9.17, 15) is 5.11 Å². The molecule has 5 aromatic carbocycles. The summed E-state index contributed by atoms with van der Waals surface area (Å²) in [5, 5.41) is 10.5. The van der Waals surface area contributed by atoms with Crippen LogP contribution < -0.4 is 21.3 Å². The maximum Gasteiger partial charge on any atom is 0.131 e. The van der Waals surface area contributed by atoms with Gasteiger partial charge in [-0.15, -0.1) is 0 Å². The summed E-state index contributed by atoms with van der Waals surface area (Å²) in [4.78, 5) is 0. The highest BCUT2D eigenvalue weighted by Gasteiger charge is 2.52. The summed E-state index contributed by atoms with van der Waals surface area (Å²) in [6, 6.07) is 39.7. The molecule has 0 radical (unpaired) electrons. The van der Waals surface area contributed by atoms with Crippen molar-refractivity contribution >= 4 is 30.1 Å². The summed E-state index contributed by atoms with van der Waals surface area (Å²) in [6.07, 6.45) is 5.00. The smallest absolute Gasteiger partial charge is 0.131 e. The van der Waals surface area contributed by atoms with Gasteiger partial charge in [-0.3, -0.25) is 0 Å². The first-order chi connectivity index (χ1) is 17.9. The number of benzene rings is 5. The molecule has 0 aliphatic carbocycles. The summed E-state index contributed by atoms with van der Waals surface area (Å²) in [7, 11) is -2.85. The van der Waals surface area contributed by atoms with Crippen LogP contribution in [0.4, 0.5) is 11.4 Å². The van der Waals surface area contributed by atoms with Crippen LogP contribution in [0.2, 0.25) is 0 Å². The largest absolute Gasteiger partial charge is 0.508 e. The molecule has 5 aromatic rings. The van der Waals surface area contributed by atoms with Crippen molar-refractivity contribution in [2.75, 3.05) is 11.5 Å². The van der Waals surface area contributed by atoms with E-state index in [2.05, 4.69) is 48.5 Å². The minimum absolute atomic E-state index is 0.194. The lowest BCUT2D eigenvalue weighted by Gasteiger charge is -2.49. The molecule has 6 rings (SSSR count). The van der Waals surface area contributed by atoms with E-state index in [4.69, 9.17) is 22.3 Å². The van der Waals surface area contributed by atoms with Crippen molar-refractivity contribution in [2.45, 2.75) is 5.16 Å². The number of rotatable bonds is 4. The van der Waals surface area contributed by atoms with Crippen molar-refractivity contribution < 1.29 is 9.63 Å². The van der Waals surface area contributed by atoms with Gasteiger partial charge in [0.1, 0.15) is 16.7 Å². The average Bonchev–Trinajstić information content (AvgIpc) is 2.92. The first kappa shape index (κ1) is 23.0. The van der Waals surface area contributed by atoms with E-state index in [1.165, 1.54) is 0 Å². The quantitative estimate of drug-likeness (QED) is 0.147. The molecule has 0 spiro atoms. The Kier molecular flexibility index (Phi) is 5.36. The van der Waals surface area contributed by atoms with E-state index in [0.29, 0.717) is 11.4 Å². The third-order valence-corrected chi connectivity index (χ3v) is 10.7. The highest BCUT2D eigenvalue weighted by molar-refractivity contribution is 7.78. The number of phenolic OH excluding ortho intramolecular Hbond substituents is 1. The van der Waals surface area contributed by atoms with Gasteiger partial charge in [0, 0.05) is 22.2 Å². The van der Waals surface area contributed by atoms with Gasteiger partial charge < -0.3 is 21.1 Å². The summed E-state index contributed by atoms with van der Waals surface area (Å²) < 4.78 is 7.14. The van der Waals surface area contributed by atoms with Crippen LogP contribution in [0, 0.1) is 0 Å². The van der Waals surface area contributed by atoms with Gasteiger partial charge in [0.25, 0.3) is 0 Å². The Morgan fingerprint density at radius 3 is 1.62 bits per heavy atom. The van der Waals surface area contributed by atoms with E-state index in [-0.39, 0.29) is 5.75 Å². The Hall–Kier alpha value is -4.40. The Labute approximate surface area is 216 Å². The topological polar surface area (TPSA) is 81.5 Å². The first-order valence-electron chi connectivity index (χ1n) is 12.1. The zero-order chi connectivity index (χ0) is 25.6. The van der Waals surface area contributed by atoms with E-state index in [1.54, 1.807) is 12.1 Å². The molecule has 1 heterocycles. The molecule has 1 atom stereocenters. The molecule has 0 amide bonds. The molecule has 1 aliphatic heterocycles. The van der Waals surface area contributed by atoms with Gasteiger partial charge in [0.05, 0.1) is 7.11 Å². The number of hydrogen-bond acceptors (Lipinski definition) is 4. The number of aromatic hydroxyl groups is 1. The second-order valence-corrected chi connectivity index (χ2v) is 12.2. The van der Waals surface area contributed by atoms with Gasteiger partial charge in [0.15, 0.2) is 0 Å². The molecule has 182 valence electrons. The predicted octanol–water partition coefficient (Wildman–Crippen LogP) is 6.60. The second kappa shape index (κ2) is 8.62. The standard InChI is InChI=1S/C32H27N2O2P/c1-37(31-9-5-3-7-29(31)28-6-2-4-8-30(28)36-37)32(22-10-16-25(33)17-11-22,23-12-18-26(34)19-13-23)24-14-20-27(35)21-15-24/h2-21,35H,1,33-34H2. The van der Waals surface area contributed by atoms with Crippen LogP contribution in [-0.4, -0.2) is 11.4 Å². The lowest BCUT2D eigenvalue weighted by Crippen LogP contribution is -2.38. The zero-order valence-electron chi connectivity index (χ0n) is 20.2. The third kappa shape index (κ3) is 3.45. The molecule has 37 heavy (non-hydrogen) atoms. The minimum atomic E-state index is -2.85. The SMILES string of the molecule is C=P1(C(c2ccc(N)cc2)(c2ccc(N)cc2)c2ccc(O)cc2)Oc2ccccc2-c2ccccc21. The van der Waals surface area contributed by atoms with Crippen LogP contribution in [0.15, 0.2) is 121 Å². The van der Waals surface area contributed by atoms with Crippen LogP contribution in [0.3, 0.4) is 0 Å². The number of hydrogen-bond donors (Lipinski definition) is 3. The van der Waals surface area contributed by atoms with Crippen molar-refractivity contribution in [1.82, 2.24) is 0 Å². The van der Waals surface area contributed by atoms with Crippen LogP contribution in [0.25, 0.3) is 11.1 Å². The maximum atomic E-state index is 10.2. The summed E-state index contributed by atoms with van der Waals surface area (Å²) in [6.45, 7) is 0. The monoisotopic (exact) mass is 502 g/mol. The zero-order valence-corrected chi connectivity index (χ0v) is 21.1. The first-order valence-corrected chi connectivity index (χ1v) is 14.0. The van der Waals surface area contributed by atoms with Crippen LogP contribution in [-0.2, 0) is 5.16 Å². The number of fused-ring (bicyclic) bond motifs is 3. The lowest BCUT2D eigenvalue weighted by molar-refractivity contribution is 0.475. The fourth-order valence-corrected chi connectivity index (χ4v) is 9.23. The molecule has 5 N–H and O–H groups in total. The van der Waals surface area contributed by atoms with Gasteiger partial charge >= 0.3 is 0 Å². The minimum Gasteiger partial charge on any atom is -0.508 e. The van der Waals surface area contributed by atoms with Gasteiger partial charge in [-0.1, -0.05) is 85.2 Å². The molecule has 5 heteroatoms. The van der Waals surface area contributed by atoms with Crippen LogP contribution in [0.5, 0.6) is 11.5 Å². The maximum absolute atomic E-state index is 10.2. The summed E-state index contributed by atoms with van der Waals surface area (Å²) in [5.74, 6) is 0.998. The molecule has 0 bridgehead atoms. The second-order valence-electron chi connectivity index (χ2n) is 9.35. The predicted molar refractivity (Wildman–Crippen MR) is 156 cm³/mol. The highest BCUT2D eigenvalue weighted by atomic mass is 31.2. The summed E-state index contributed by atoms with van der Waals surface area (Å²) in [5.41, 5.74) is 18.8.